The molecule has 3 rings (SSSR count). The van der Waals surface area contributed by atoms with E-state index < -0.39 is 11.3 Å². The summed E-state index contributed by atoms with van der Waals surface area (Å²) in [4.78, 5) is 2.24. The second kappa shape index (κ2) is 7.77. The van der Waals surface area contributed by atoms with E-state index in [9.17, 15) is 15.8 Å². The fourth-order valence-corrected chi connectivity index (χ4v) is 4.37. The third kappa shape index (κ3) is 2.82. The number of nitriles is 3. The van der Waals surface area contributed by atoms with Crippen LogP contribution >= 0.6 is 0 Å². The first-order valence-electron chi connectivity index (χ1n) is 9.45. The summed E-state index contributed by atoms with van der Waals surface area (Å²) in [6, 6.07) is 14.0. The highest BCUT2D eigenvalue weighted by atomic mass is 16.5. The number of benzene rings is 1. The number of hydrogen-bond donors (Lipinski definition) is 1. The number of fused-ring (bicyclic) bond motifs is 1. The lowest BCUT2D eigenvalue weighted by atomic mass is 9.58. The Kier molecular flexibility index (Phi) is 5.41. The molecule has 2 atom stereocenters. The number of allylic oxidation sites excluding steroid dienone is 2. The molecule has 142 valence electrons. The van der Waals surface area contributed by atoms with Crippen LogP contribution in [0, 0.1) is 45.3 Å². The standard InChI is InChI=1S/C22H23N5O/c1-3-27-10-9-15-17(11-23)21(26)22(13-24,14-25)20(18(15)12-27)16-7-5-6-8-19(16)28-4-2/h5-9,18,20H,3-4,10,12,26H2,1-2H3/t18-,20-/m1/s1. The summed E-state index contributed by atoms with van der Waals surface area (Å²) in [5.74, 6) is -0.0782. The zero-order valence-electron chi connectivity index (χ0n) is 16.1. The molecule has 2 N–H and O–H groups in total. The molecular weight excluding hydrogens is 350 g/mol. The number of rotatable bonds is 4. The van der Waals surface area contributed by atoms with Crippen LogP contribution in [-0.4, -0.2) is 31.1 Å². The first kappa shape index (κ1) is 19.5. The van der Waals surface area contributed by atoms with Crippen LogP contribution in [0.15, 0.2) is 47.2 Å². The molecule has 6 nitrogen and oxygen atoms in total. The molecule has 0 saturated carbocycles. The summed E-state index contributed by atoms with van der Waals surface area (Å²) in [6.07, 6.45) is 2.01. The van der Waals surface area contributed by atoms with Gasteiger partial charge in [-0.25, -0.2) is 0 Å². The van der Waals surface area contributed by atoms with Gasteiger partial charge >= 0.3 is 0 Å². The van der Waals surface area contributed by atoms with Crippen molar-refractivity contribution in [2.24, 2.45) is 17.1 Å². The molecule has 1 aliphatic heterocycles. The predicted molar refractivity (Wildman–Crippen MR) is 105 cm³/mol. The van der Waals surface area contributed by atoms with Crippen molar-refractivity contribution in [1.82, 2.24) is 4.90 Å². The molecule has 1 aromatic carbocycles. The number of hydrogen-bond acceptors (Lipinski definition) is 6. The molecule has 0 spiro atoms. The Hall–Kier alpha value is -3.27. The Bertz CT molecular complexity index is 942. The van der Waals surface area contributed by atoms with Crippen molar-refractivity contribution in [2.75, 3.05) is 26.2 Å². The lowest BCUT2D eigenvalue weighted by Crippen LogP contribution is -2.48. The van der Waals surface area contributed by atoms with Crippen LogP contribution in [-0.2, 0) is 0 Å². The highest BCUT2D eigenvalue weighted by molar-refractivity contribution is 5.60. The van der Waals surface area contributed by atoms with Gasteiger partial charge < -0.3 is 10.5 Å². The van der Waals surface area contributed by atoms with E-state index in [0.717, 1.165) is 17.7 Å². The SMILES string of the molecule is CCOc1ccccc1[C@@H]1[C@@H]2CN(CC)CC=C2C(C#N)=C(N)C1(C#N)C#N. The Labute approximate surface area is 165 Å². The predicted octanol–water partition coefficient (Wildman–Crippen LogP) is 2.83. The van der Waals surface area contributed by atoms with E-state index in [4.69, 9.17) is 10.5 Å². The van der Waals surface area contributed by atoms with Gasteiger partial charge in [-0.05, 0) is 25.1 Å². The van der Waals surface area contributed by atoms with Crippen molar-refractivity contribution in [2.45, 2.75) is 19.8 Å². The zero-order chi connectivity index (χ0) is 20.3. The Morgan fingerprint density at radius 1 is 1.21 bits per heavy atom. The molecule has 0 radical (unpaired) electrons. The minimum Gasteiger partial charge on any atom is -0.494 e. The van der Waals surface area contributed by atoms with Crippen LogP contribution in [0.5, 0.6) is 5.75 Å². The molecule has 0 amide bonds. The quantitative estimate of drug-likeness (QED) is 0.869. The second-order valence-electron chi connectivity index (χ2n) is 7.00. The molecule has 6 heteroatoms. The summed E-state index contributed by atoms with van der Waals surface area (Å²) in [5, 5.41) is 30.0. The summed E-state index contributed by atoms with van der Waals surface area (Å²) in [6.45, 7) is 6.64. The molecule has 0 fully saturated rings. The Morgan fingerprint density at radius 2 is 1.93 bits per heavy atom. The fraction of sp³-hybridized carbons (Fsp3) is 0.409. The van der Waals surface area contributed by atoms with Gasteiger partial charge in [0.05, 0.1) is 30.0 Å². The summed E-state index contributed by atoms with van der Waals surface area (Å²) < 4.78 is 5.82. The maximum atomic E-state index is 10.1. The van der Waals surface area contributed by atoms with Gasteiger partial charge in [-0.15, -0.1) is 0 Å². The Morgan fingerprint density at radius 3 is 2.54 bits per heavy atom. The van der Waals surface area contributed by atoms with E-state index in [-0.39, 0.29) is 17.2 Å². The Balaban J connectivity index is 2.33. The normalized spacial score (nSPS) is 23.6. The first-order chi connectivity index (χ1) is 13.6. The first-order valence-corrected chi connectivity index (χ1v) is 9.45. The minimum absolute atomic E-state index is 0.0451. The molecule has 1 heterocycles. The van der Waals surface area contributed by atoms with Crippen LogP contribution in [0.25, 0.3) is 0 Å². The molecule has 28 heavy (non-hydrogen) atoms. The van der Waals surface area contributed by atoms with Gasteiger partial charge in [0.15, 0.2) is 5.41 Å². The van der Waals surface area contributed by atoms with Crippen LogP contribution in [0.1, 0.15) is 25.3 Å². The van der Waals surface area contributed by atoms with Gasteiger partial charge in [0, 0.05) is 30.5 Å². The average Bonchev–Trinajstić information content (AvgIpc) is 2.73. The van der Waals surface area contributed by atoms with E-state index in [1.807, 2.05) is 37.3 Å². The summed E-state index contributed by atoms with van der Waals surface area (Å²) in [7, 11) is 0. The lowest BCUT2D eigenvalue weighted by Gasteiger charge is -2.45. The fourth-order valence-electron chi connectivity index (χ4n) is 4.37. The molecule has 0 saturated heterocycles. The molecule has 0 aromatic heterocycles. The monoisotopic (exact) mass is 373 g/mol. The van der Waals surface area contributed by atoms with Gasteiger partial charge in [0.25, 0.3) is 0 Å². The number of nitrogens with two attached hydrogens (primary N) is 1. The van der Waals surface area contributed by atoms with Crippen LogP contribution in [0.3, 0.4) is 0 Å². The van der Waals surface area contributed by atoms with Crippen molar-refractivity contribution >= 4 is 0 Å². The van der Waals surface area contributed by atoms with Gasteiger partial charge in [-0.3, -0.25) is 4.90 Å². The molecule has 2 aliphatic rings. The van der Waals surface area contributed by atoms with Crippen LogP contribution < -0.4 is 10.5 Å². The van der Waals surface area contributed by atoms with Gasteiger partial charge in [0.1, 0.15) is 11.8 Å². The van der Waals surface area contributed by atoms with E-state index in [1.165, 1.54) is 0 Å². The molecule has 1 aromatic rings. The van der Waals surface area contributed by atoms with E-state index in [0.29, 0.717) is 25.4 Å². The van der Waals surface area contributed by atoms with Crippen molar-refractivity contribution in [3.05, 3.63) is 52.7 Å². The second-order valence-corrected chi connectivity index (χ2v) is 7.00. The number of para-hydroxylation sites is 1. The highest BCUT2D eigenvalue weighted by Crippen LogP contribution is 2.55. The third-order valence-corrected chi connectivity index (χ3v) is 5.74. The van der Waals surface area contributed by atoms with E-state index >= 15 is 0 Å². The highest BCUT2D eigenvalue weighted by Gasteiger charge is 2.55. The van der Waals surface area contributed by atoms with Crippen molar-refractivity contribution in [1.29, 1.82) is 15.8 Å². The molecule has 1 aliphatic carbocycles. The van der Waals surface area contributed by atoms with Crippen molar-refractivity contribution in [3.8, 4) is 24.0 Å². The third-order valence-electron chi connectivity index (χ3n) is 5.74. The maximum absolute atomic E-state index is 10.1. The van der Waals surface area contributed by atoms with Crippen molar-refractivity contribution in [3.63, 3.8) is 0 Å². The zero-order valence-corrected chi connectivity index (χ0v) is 16.1. The minimum atomic E-state index is -1.63. The summed E-state index contributed by atoms with van der Waals surface area (Å²) in [5.41, 5.74) is 6.64. The largest absolute Gasteiger partial charge is 0.494 e. The number of ether oxygens (including phenoxy) is 1. The summed E-state index contributed by atoms with van der Waals surface area (Å²) >= 11 is 0. The number of nitrogens with zero attached hydrogens (tertiary/aromatic N) is 4. The van der Waals surface area contributed by atoms with Gasteiger partial charge in [-0.2, -0.15) is 15.8 Å². The van der Waals surface area contributed by atoms with Gasteiger partial charge in [-0.1, -0.05) is 31.2 Å². The van der Waals surface area contributed by atoms with E-state index in [1.54, 1.807) is 0 Å². The molecule has 0 bridgehead atoms. The van der Waals surface area contributed by atoms with Crippen LogP contribution in [0.4, 0.5) is 0 Å². The molecule has 0 unspecified atom stereocenters. The molecular formula is C22H23N5O. The average molecular weight is 373 g/mol. The smallest absolute Gasteiger partial charge is 0.191 e. The van der Waals surface area contributed by atoms with Gasteiger partial charge in [0.2, 0.25) is 0 Å². The topological polar surface area (TPSA) is 110 Å². The maximum Gasteiger partial charge on any atom is 0.191 e. The lowest BCUT2D eigenvalue weighted by molar-refractivity contribution is 0.211. The van der Waals surface area contributed by atoms with E-state index in [2.05, 4.69) is 30.0 Å². The van der Waals surface area contributed by atoms with Crippen LogP contribution in [0.2, 0.25) is 0 Å². The number of likely N-dealkylation sites (N-methyl/N-ethyl adjacent to an activating group) is 1. The van der Waals surface area contributed by atoms with Crippen molar-refractivity contribution < 1.29 is 4.74 Å².